The average Bonchev–Trinajstić information content (AvgIpc) is 3.57. The highest BCUT2D eigenvalue weighted by Crippen LogP contribution is 2.34. The van der Waals surface area contributed by atoms with E-state index in [1.807, 2.05) is 26.2 Å². The van der Waals surface area contributed by atoms with Gasteiger partial charge in [0.25, 0.3) is 5.91 Å². The van der Waals surface area contributed by atoms with Gasteiger partial charge in [-0.1, -0.05) is 0 Å². The molecule has 2 atom stereocenters. The second kappa shape index (κ2) is 12.6. The van der Waals surface area contributed by atoms with Gasteiger partial charge >= 0.3 is 0 Å². The largest absolute Gasteiger partial charge is 0.381 e. The van der Waals surface area contributed by atoms with Crippen molar-refractivity contribution in [3.05, 3.63) is 59.3 Å². The number of nitrogens with zero attached hydrogens (tertiary/aromatic N) is 5. The Bertz CT molecular complexity index is 1360. The van der Waals surface area contributed by atoms with Crippen molar-refractivity contribution < 1.29 is 13.9 Å². The van der Waals surface area contributed by atoms with E-state index in [1.54, 1.807) is 18.0 Å². The number of aromatic nitrogens is 2. The molecule has 5 rings (SSSR count). The maximum atomic E-state index is 14.5. The van der Waals surface area contributed by atoms with Crippen molar-refractivity contribution in [2.24, 2.45) is 11.8 Å². The summed E-state index contributed by atoms with van der Waals surface area (Å²) in [6, 6.07) is 5.08. The highest BCUT2D eigenvalue weighted by molar-refractivity contribution is 5.99. The molecule has 4 heterocycles. The minimum absolute atomic E-state index is 0.00210. The van der Waals surface area contributed by atoms with Gasteiger partial charge in [-0.15, -0.1) is 0 Å². The van der Waals surface area contributed by atoms with Crippen molar-refractivity contribution in [3.63, 3.8) is 0 Å². The van der Waals surface area contributed by atoms with Crippen LogP contribution in [-0.4, -0.2) is 96.2 Å². The molecule has 2 aromatic heterocycles. The van der Waals surface area contributed by atoms with Gasteiger partial charge in [-0.05, 0) is 108 Å². The first kappa shape index (κ1) is 29.7. The Kier molecular flexibility index (Phi) is 9.12. The van der Waals surface area contributed by atoms with Crippen LogP contribution in [0.25, 0.3) is 16.6 Å². The van der Waals surface area contributed by atoms with Crippen LogP contribution in [0.4, 0.5) is 4.39 Å². The van der Waals surface area contributed by atoms with Gasteiger partial charge in [0.1, 0.15) is 5.82 Å². The van der Waals surface area contributed by atoms with Crippen molar-refractivity contribution in [2.45, 2.75) is 58.5 Å². The van der Waals surface area contributed by atoms with Crippen LogP contribution < -0.4 is 0 Å². The molecule has 0 N–H and O–H groups in total. The Labute approximate surface area is 244 Å². The lowest BCUT2D eigenvalue weighted by Gasteiger charge is -2.38. The zero-order valence-electron chi connectivity index (χ0n) is 25.6. The number of carbonyl (C=O) groups excluding carboxylic acids is 1. The van der Waals surface area contributed by atoms with Crippen molar-refractivity contribution in [1.82, 2.24) is 24.3 Å². The number of hydrogen-bond acceptors (Lipinski definition) is 5. The Hall–Kier alpha value is -2.81. The first-order valence-corrected chi connectivity index (χ1v) is 15.1. The van der Waals surface area contributed by atoms with Crippen LogP contribution in [0.2, 0.25) is 0 Å². The van der Waals surface area contributed by atoms with Crippen LogP contribution in [-0.2, 0) is 11.2 Å². The number of aryl methyl sites for hydroxylation is 1. The molecule has 2 aliphatic rings. The van der Waals surface area contributed by atoms with Crippen LogP contribution >= 0.6 is 0 Å². The Morgan fingerprint density at radius 2 is 1.90 bits per heavy atom. The topological polar surface area (TPSA) is 53.8 Å². The SMILES string of the molecule is Cc1cncc2c1c(C[C@@H]1CCN([C@H](CN(C)C)C3CCOCC3)C1)cn2-c1ccc(F)cc1C(=O)N(C)C(C)C. The van der Waals surface area contributed by atoms with E-state index in [0.717, 1.165) is 63.2 Å². The second-order valence-electron chi connectivity index (χ2n) is 12.7. The number of ether oxygens (including phenoxy) is 1. The monoisotopic (exact) mass is 563 g/mol. The predicted molar refractivity (Wildman–Crippen MR) is 162 cm³/mol. The molecule has 1 aromatic carbocycles. The lowest BCUT2D eigenvalue weighted by Crippen LogP contribution is -2.47. The summed E-state index contributed by atoms with van der Waals surface area (Å²) in [5, 5.41) is 1.19. The van der Waals surface area contributed by atoms with Gasteiger partial charge < -0.3 is 19.1 Å². The fourth-order valence-corrected chi connectivity index (χ4v) is 6.79. The minimum atomic E-state index is -0.414. The van der Waals surface area contributed by atoms with Crippen LogP contribution in [0.5, 0.6) is 0 Å². The third-order valence-corrected chi connectivity index (χ3v) is 9.18. The predicted octanol–water partition coefficient (Wildman–Crippen LogP) is 5.17. The van der Waals surface area contributed by atoms with Crippen molar-refractivity contribution >= 4 is 16.8 Å². The summed E-state index contributed by atoms with van der Waals surface area (Å²) in [5.74, 6) is 0.624. The smallest absolute Gasteiger partial charge is 0.256 e. The van der Waals surface area contributed by atoms with Gasteiger partial charge in [-0.3, -0.25) is 14.7 Å². The molecular weight excluding hydrogens is 517 g/mol. The number of rotatable bonds is 9. The first-order valence-electron chi connectivity index (χ1n) is 15.1. The van der Waals surface area contributed by atoms with E-state index in [4.69, 9.17) is 4.74 Å². The summed E-state index contributed by atoms with van der Waals surface area (Å²) >= 11 is 0. The lowest BCUT2D eigenvalue weighted by atomic mass is 9.90. The van der Waals surface area contributed by atoms with Crippen molar-refractivity contribution in [1.29, 1.82) is 0 Å². The number of hydrogen-bond donors (Lipinski definition) is 0. The molecule has 8 heteroatoms. The molecule has 2 saturated heterocycles. The molecule has 222 valence electrons. The number of likely N-dealkylation sites (tertiary alicyclic amines) is 1. The number of carbonyl (C=O) groups is 1. The summed E-state index contributed by atoms with van der Waals surface area (Å²) in [5.41, 5.74) is 4.39. The molecule has 2 fully saturated rings. The van der Waals surface area contributed by atoms with Gasteiger partial charge in [-0.2, -0.15) is 0 Å². The summed E-state index contributed by atoms with van der Waals surface area (Å²) < 4.78 is 22.2. The fraction of sp³-hybridized carbons (Fsp3) is 0.576. The molecule has 0 spiro atoms. The number of benzene rings is 1. The van der Waals surface area contributed by atoms with Crippen molar-refractivity contribution in [3.8, 4) is 5.69 Å². The zero-order valence-corrected chi connectivity index (χ0v) is 25.6. The highest BCUT2D eigenvalue weighted by Gasteiger charge is 2.34. The summed E-state index contributed by atoms with van der Waals surface area (Å²) in [4.78, 5) is 24.7. The summed E-state index contributed by atoms with van der Waals surface area (Å²) in [6.45, 7) is 11.1. The van der Waals surface area contributed by atoms with E-state index in [1.165, 1.54) is 29.5 Å². The van der Waals surface area contributed by atoms with Gasteiger partial charge in [-0.25, -0.2) is 4.39 Å². The molecule has 41 heavy (non-hydrogen) atoms. The molecule has 0 bridgehead atoms. The molecule has 2 aliphatic heterocycles. The molecule has 1 amide bonds. The van der Waals surface area contributed by atoms with Gasteiger partial charge in [0.15, 0.2) is 0 Å². The third kappa shape index (κ3) is 6.35. The van der Waals surface area contributed by atoms with Crippen LogP contribution in [0, 0.1) is 24.6 Å². The van der Waals surface area contributed by atoms with Crippen molar-refractivity contribution in [2.75, 3.05) is 54.0 Å². The van der Waals surface area contributed by atoms with E-state index in [9.17, 15) is 9.18 Å². The van der Waals surface area contributed by atoms with E-state index < -0.39 is 5.82 Å². The van der Waals surface area contributed by atoms with E-state index in [0.29, 0.717) is 29.1 Å². The second-order valence-corrected chi connectivity index (χ2v) is 12.7. The van der Waals surface area contributed by atoms with Crippen LogP contribution in [0.15, 0.2) is 36.8 Å². The standard InChI is InChI=1S/C33H46FN5O2/c1-22(2)37(6)33(40)28-16-27(34)7-8-29(28)39-20-26(32-23(3)17-35-18-30(32)39)15-24-9-12-38(19-24)31(21-36(4)5)25-10-13-41-14-11-25/h7-8,16-18,20,22,24-25,31H,9-15,19,21H2,1-6H3/t24-,31+/m0/s1. The number of pyridine rings is 1. The Balaban J connectivity index is 1.45. The van der Waals surface area contributed by atoms with E-state index in [2.05, 4.69) is 46.6 Å². The maximum Gasteiger partial charge on any atom is 0.256 e. The maximum absolute atomic E-state index is 14.5. The number of fused-ring (bicyclic) bond motifs is 1. The summed E-state index contributed by atoms with van der Waals surface area (Å²) in [7, 11) is 6.13. The number of likely N-dealkylation sites (N-methyl/N-ethyl adjacent to an activating group) is 1. The molecular formula is C33H46FN5O2. The molecule has 0 radical (unpaired) electrons. The van der Waals surface area contributed by atoms with Gasteiger partial charge in [0, 0.05) is 63.2 Å². The summed E-state index contributed by atoms with van der Waals surface area (Å²) in [6.07, 6.45) is 10.4. The van der Waals surface area contributed by atoms with Crippen LogP contribution in [0.1, 0.15) is 54.6 Å². The average molecular weight is 564 g/mol. The fourth-order valence-electron chi connectivity index (χ4n) is 6.79. The number of halogens is 1. The van der Waals surface area contributed by atoms with E-state index in [-0.39, 0.29) is 11.9 Å². The Morgan fingerprint density at radius 1 is 1.15 bits per heavy atom. The van der Waals surface area contributed by atoms with Crippen LogP contribution in [0.3, 0.4) is 0 Å². The highest BCUT2D eigenvalue weighted by atomic mass is 19.1. The molecule has 7 nitrogen and oxygen atoms in total. The lowest BCUT2D eigenvalue weighted by molar-refractivity contribution is 0.0234. The molecule has 3 aromatic rings. The quantitative estimate of drug-likeness (QED) is 0.359. The van der Waals surface area contributed by atoms with Gasteiger partial charge in [0.2, 0.25) is 0 Å². The number of amides is 1. The van der Waals surface area contributed by atoms with Gasteiger partial charge in [0.05, 0.1) is 23.0 Å². The minimum Gasteiger partial charge on any atom is -0.381 e. The Morgan fingerprint density at radius 3 is 2.61 bits per heavy atom. The molecule has 0 aliphatic carbocycles. The van der Waals surface area contributed by atoms with E-state index >= 15 is 0 Å². The molecule has 0 saturated carbocycles. The zero-order chi connectivity index (χ0) is 29.3. The first-order chi connectivity index (χ1) is 19.6. The third-order valence-electron chi connectivity index (χ3n) is 9.18. The molecule has 0 unspecified atom stereocenters. The normalized spacial score (nSPS) is 19.5.